The highest BCUT2D eigenvalue weighted by Crippen LogP contribution is 2.27. The molecule has 7 heteroatoms. The molecule has 1 aromatic rings. The van der Waals surface area contributed by atoms with Crippen LogP contribution in [0.3, 0.4) is 0 Å². The normalized spacial score (nSPS) is 21.4. The number of hydrogen-bond donors (Lipinski definition) is 2. The van der Waals surface area contributed by atoms with Gasteiger partial charge in [0.1, 0.15) is 5.82 Å². The van der Waals surface area contributed by atoms with E-state index in [-0.39, 0.29) is 29.2 Å². The number of rotatable bonds is 2. The molecule has 1 aliphatic rings. The summed E-state index contributed by atoms with van der Waals surface area (Å²) in [5.74, 6) is -0.645. The number of aliphatic hydroxyl groups excluding tert-OH is 1. The van der Waals surface area contributed by atoms with Gasteiger partial charge in [-0.3, -0.25) is 0 Å². The highest BCUT2D eigenvalue weighted by atomic mass is 32.2. The molecule has 1 aliphatic heterocycles. The summed E-state index contributed by atoms with van der Waals surface area (Å²) in [6.45, 7) is 1.67. The van der Waals surface area contributed by atoms with E-state index < -0.39 is 21.9 Å². The zero-order valence-electron chi connectivity index (χ0n) is 9.93. The molecule has 3 N–H and O–H groups in total. The van der Waals surface area contributed by atoms with E-state index in [1.54, 1.807) is 0 Å². The third-order valence-corrected chi connectivity index (χ3v) is 5.05. The lowest BCUT2D eigenvalue weighted by atomic mass is 10.2. The van der Waals surface area contributed by atoms with Gasteiger partial charge in [0.15, 0.2) is 0 Å². The molecule has 1 atom stereocenters. The topological polar surface area (TPSA) is 83.6 Å². The Morgan fingerprint density at radius 2 is 2.17 bits per heavy atom. The van der Waals surface area contributed by atoms with Crippen molar-refractivity contribution in [3.63, 3.8) is 0 Å². The van der Waals surface area contributed by atoms with Crippen LogP contribution in [0.25, 0.3) is 0 Å². The second-order valence-electron chi connectivity index (χ2n) is 4.43. The molecule has 0 saturated carbocycles. The van der Waals surface area contributed by atoms with E-state index in [1.807, 2.05) is 0 Å². The predicted molar refractivity (Wildman–Crippen MR) is 64.9 cm³/mol. The Hall–Kier alpha value is -1.18. The van der Waals surface area contributed by atoms with Crippen molar-refractivity contribution in [3.05, 3.63) is 23.5 Å². The first-order valence-corrected chi connectivity index (χ1v) is 7.00. The lowest BCUT2D eigenvalue weighted by Gasteiger charge is -2.18. The fourth-order valence-electron chi connectivity index (χ4n) is 2.01. The average molecular weight is 274 g/mol. The van der Waals surface area contributed by atoms with Crippen molar-refractivity contribution in [2.75, 3.05) is 18.8 Å². The summed E-state index contributed by atoms with van der Waals surface area (Å²) < 4.78 is 39.3. The lowest BCUT2D eigenvalue weighted by molar-refractivity contribution is 0.189. The molecule has 1 heterocycles. The van der Waals surface area contributed by atoms with Gasteiger partial charge in [0.25, 0.3) is 0 Å². The molecule has 0 spiro atoms. The largest absolute Gasteiger partial charge is 0.399 e. The van der Waals surface area contributed by atoms with Crippen molar-refractivity contribution in [3.8, 4) is 0 Å². The molecule has 0 radical (unpaired) electrons. The minimum Gasteiger partial charge on any atom is -0.399 e. The zero-order chi connectivity index (χ0) is 13.5. The molecular formula is C11H15FN2O3S. The number of nitrogens with two attached hydrogens (primary N) is 1. The minimum atomic E-state index is -3.79. The van der Waals surface area contributed by atoms with Crippen molar-refractivity contribution >= 4 is 15.7 Å². The minimum absolute atomic E-state index is 0.0399. The summed E-state index contributed by atoms with van der Waals surface area (Å²) in [6, 6.07) is 2.34. The van der Waals surface area contributed by atoms with Gasteiger partial charge in [-0.2, -0.15) is 4.31 Å². The Morgan fingerprint density at radius 3 is 2.72 bits per heavy atom. The molecule has 1 fully saturated rings. The Kier molecular flexibility index (Phi) is 3.31. The summed E-state index contributed by atoms with van der Waals surface area (Å²) in [4.78, 5) is -0.130. The highest BCUT2D eigenvalue weighted by Gasteiger charge is 2.33. The molecule has 18 heavy (non-hydrogen) atoms. The number of β-amino-alcohol motifs (C(OH)–C–C–N with tert-alkyl or cyclic N) is 1. The van der Waals surface area contributed by atoms with E-state index in [0.717, 1.165) is 10.4 Å². The number of nitrogens with zero attached hydrogens (tertiary/aromatic N) is 1. The van der Waals surface area contributed by atoms with Crippen LogP contribution in [0, 0.1) is 12.7 Å². The monoisotopic (exact) mass is 274 g/mol. The molecule has 100 valence electrons. The van der Waals surface area contributed by atoms with Crippen LogP contribution in [0.15, 0.2) is 17.0 Å². The van der Waals surface area contributed by atoms with E-state index in [2.05, 4.69) is 0 Å². The van der Waals surface area contributed by atoms with E-state index in [9.17, 15) is 17.9 Å². The fourth-order valence-corrected chi connectivity index (χ4v) is 3.77. The highest BCUT2D eigenvalue weighted by molar-refractivity contribution is 7.89. The van der Waals surface area contributed by atoms with Crippen LogP contribution in [0.1, 0.15) is 12.0 Å². The Labute approximate surface area is 105 Å². The molecule has 0 bridgehead atoms. The van der Waals surface area contributed by atoms with Crippen LogP contribution < -0.4 is 5.73 Å². The number of aliphatic hydroxyl groups is 1. The first-order chi connectivity index (χ1) is 8.32. The maximum Gasteiger partial charge on any atom is 0.243 e. The van der Waals surface area contributed by atoms with E-state index in [0.29, 0.717) is 6.42 Å². The molecule has 1 aromatic carbocycles. The molecule has 0 aliphatic carbocycles. The molecule has 0 amide bonds. The van der Waals surface area contributed by atoms with Crippen LogP contribution in [-0.4, -0.2) is 37.0 Å². The maximum atomic E-state index is 13.5. The average Bonchev–Trinajstić information content (AvgIpc) is 2.70. The second kappa shape index (κ2) is 4.49. The predicted octanol–water partition coefficient (Wildman–Crippen LogP) is 0.472. The van der Waals surface area contributed by atoms with Gasteiger partial charge >= 0.3 is 0 Å². The Morgan fingerprint density at radius 1 is 1.50 bits per heavy atom. The van der Waals surface area contributed by atoms with Crippen molar-refractivity contribution in [2.45, 2.75) is 24.3 Å². The van der Waals surface area contributed by atoms with Crippen LogP contribution >= 0.6 is 0 Å². The molecule has 0 aromatic heterocycles. The van der Waals surface area contributed by atoms with Gasteiger partial charge < -0.3 is 10.8 Å². The number of hydrogen-bond acceptors (Lipinski definition) is 4. The van der Waals surface area contributed by atoms with Gasteiger partial charge in [-0.15, -0.1) is 0 Å². The molecule has 0 unspecified atom stereocenters. The second-order valence-corrected chi connectivity index (χ2v) is 6.34. The van der Waals surface area contributed by atoms with E-state index >= 15 is 0 Å². The number of nitrogen functional groups attached to an aromatic ring is 1. The number of sulfonamides is 1. The standard InChI is InChI=1S/C11H15FN2O3S/c1-7-10(12)4-8(13)5-11(7)18(16,17)14-3-2-9(15)6-14/h4-5,9,15H,2-3,6,13H2,1H3/t9-/m0/s1. The van der Waals surface area contributed by atoms with Crippen molar-refractivity contribution in [2.24, 2.45) is 0 Å². The Bertz CT molecular complexity index is 574. The maximum absolute atomic E-state index is 13.5. The number of anilines is 1. The van der Waals surface area contributed by atoms with Gasteiger partial charge in [0.05, 0.1) is 11.0 Å². The van der Waals surface area contributed by atoms with Crippen LogP contribution in [-0.2, 0) is 10.0 Å². The summed E-state index contributed by atoms with van der Waals surface area (Å²) in [5.41, 5.74) is 5.59. The van der Waals surface area contributed by atoms with Crippen LogP contribution in [0.5, 0.6) is 0 Å². The Balaban J connectivity index is 2.48. The summed E-state index contributed by atoms with van der Waals surface area (Å²) >= 11 is 0. The summed E-state index contributed by atoms with van der Waals surface area (Å²) in [7, 11) is -3.79. The van der Waals surface area contributed by atoms with Gasteiger partial charge in [-0.05, 0) is 25.5 Å². The third-order valence-electron chi connectivity index (χ3n) is 3.06. The van der Waals surface area contributed by atoms with E-state index in [1.165, 1.54) is 13.0 Å². The smallest absolute Gasteiger partial charge is 0.243 e. The summed E-state index contributed by atoms with van der Waals surface area (Å²) in [5, 5.41) is 9.38. The summed E-state index contributed by atoms with van der Waals surface area (Å²) in [6.07, 6.45) is -0.269. The SMILES string of the molecule is Cc1c(F)cc(N)cc1S(=O)(=O)N1CC[C@H](O)C1. The quantitative estimate of drug-likeness (QED) is 0.768. The molecule has 2 rings (SSSR count). The van der Waals surface area contributed by atoms with Gasteiger partial charge in [-0.1, -0.05) is 0 Å². The zero-order valence-corrected chi connectivity index (χ0v) is 10.7. The lowest BCUT2D eigenvalue weighted by Crippen LogP contribution is -2.30. The van der Waals surface area contributed by atoms with Crippen LogP contribution in [0.2, 0.25) is 0 Å². The van der Waals surface area contributed by atoms with Gasteiger partial charge in [-0.25, -0.2) is 12.8 Å². The third kappa shape index (κ3) is 2.21. The molecular weight excluding hydrogens is 259 g/mol. The first-order valence-electron chi connectivity index (χ1n) is 5.56. The number of halogens is 1. The van der Waals surface area contributed by atoms with Gasteiger partial charge in [0, 0.05) is 24.3 Å². The first kappa shape index (κ1) is 13.3. The fraction of sp³-hybridized carbons (Fsp3) is 0.455. The van der Waals surface area contributed by atoms with E-state index in [4.69, 9.17) is 5.73 Å². The molecule has 5 nitrogen and oxygen atoms in total. The molecule has 1 saturated heterocycles. The van der Waals surface area contributed by atoms with Crippen molar-refractivity contribution in [1.82, 2.24) is 4.31 Å². The van der Waals surface area contributed by atoms with Crippen molar-refractivity contribution < 1.29 is 17.9 Å². The van der Waals surface area contributed by atoms with Gasteiger partial charge in [0.2, 0.25) is 10.0 Å². The van der Waals surface area contributed by atoms with Crippen molar-refractivity contribution in [1.29, 1.82) is 0 Å². The van der Waals surface area contributed by atoms with Crippen LogP contribution in [0.4, 0.5) is 10.1 Å². The number of benzene rings is 1.